The van der Waals surface area contributed by atoms with Gasteiger partial charge in [-0.1, -0.05) is 0 Å². The van der Waals surface area contributed by atoms with Crippen LogP contribution < -0.4 is 11.1 Å². The summed E-state index contributed by atoms with van der Waals surface area (Å²) in [6, 6.07) is 3.50. The van der Waals surface area contributed by atoms with Gasteiger partial charge in [-0.25, -0.2) is 18.8 Å². The summed E-state index contributed by atoms with van der Waals surface area (Å²) in [6.45, 7) is 1.51. The molecule has 168 valence electrons. The molecule has 3 N–H and O–H groups in total. The molecule has 0 bridgehead atoms. The molecule has 7 nitrogen and oxygen atoms in total. The number of hydrogen-bond donors (Lipinski definition) is 2. The first kappa shape index (κ1) is 22.9. The standard InChI is InChI=1S/C20H16F5N5O2/c1-18(22)16(20(23,24)25)30-17(27)32-19(18,2)12-7-11(4-5-13(12)21)29-15(31)14-6-3-10(8-26)9-28-14/h3-7,9,16H,1-2H3,(H2,27,30)(H,29,31)/t16-,18-,19-/m1/s1. The molecule has 1 aliphatic heterocycles. The number of anilines is 1. The molecule has 0 radical (unpaired) electrons. The molecule has 0 unspecified atom stereocenters. The largest absolute Gasteiger partial charge is 0.451 e. The van der Waals surface area contributed by atoms with Crippen LogP contribution in [0.5, 0.6) is 0 Å². The third-order valence-corrected chi connectivity index (χ3v) is 5.18. The molecule has 2 aromatic rings. The number of halogens is 5. The van der Waals surface area contributed by atoms with Crippen molar-refractivity contribution in [2.24, 2.45) is 10.7 Å². The van der Waals surface area contributed by atoms with E-state index in [1.807, 2.05) is 6.07 Å². The molecule has 1 aromatic heterocycles. The van der Waals surface area contributed by atoms with Crippen LogP contribution >= 0.6 is 0 Å². The minimum atomic E-state index is -5.12. The van der Waals surface area contributed by atoms with Crippen molar-refractivity contribution >= 4 is 17.6 Å². The summed E-state index contributed by atoms with van der Waals surface area (Å²) >= 11 is 0. The van der Waals surface area contributed by atoms with E-state index >= 15 is 4.39 Å². The lowest BCUT2D eigenvalue weighted by atomic mass is 9.75. The van der Waals surface area contributed by atoms with E-state index in [1.54, 1.807) is 0 Å². The quantitative estimate of drug-likeness (QED) is 0.690. The first-order valence-corrected chi connectivity index (χ1v) is 9.05. The highest BCUT2D eigenvalue weighted by molar-refractivity contribution is 6.02. The van der Waals surface area contributed by atoms with Gasteiger partial charge in [-0.05, 0) is 44.2 Å². The topological polar surface area (TPSA) is 113 Å². The third kappa shape index (κ3) is 3.93. The number of nitrogens with zero attached hydrogens (tertiary/aromatic N) is 3. The zero-order valence-electron chi connectivity index (χ0n) is 16.7. The molecule has 0 saturated carbocycles. The average Bonchev–Trinajstić information content (AvgIpc) is 2.71. The molecule has 0 saturated heterocycles. The number of aliphatic imine (C=N–C) groups is 1. The number of amidine groups is 1. The summed E-state index contributed by atoms with van der Waals surface area (Å²) in [7, 11) is 0. The van der Waals surface area contributed by atoms with Gasteiger partial charge in [-0.15, -0.1) is 0 Å². The van der Waals surface area contributed by atoms with Crippen molar-refractivity contribution in [2.45, 2.75) is 37.3 Å². The maximum atomic E-state index is 15.6. The Morgan fingerprint density at radius 1 is 1.28 bits per heavy atom. The zero-order valence-corrected chi connectivity index (χ0v) is 16.7. The fourth-order valence-electron chi connectivity index (χ4n) is 3.30. The first-order valence-electron chi connectivity index (χ1n) is 9.05. The molecule has 0 fully saturated rings. The molecule has 0 aliphatic carbocycles. The molecule has 1 aromatic carbocycles. The average molecular weight is 453 g/mol. The van der Waals surface area contributed by atoms with E-state index in [1.165, 1.54) is 12.1 Å². The van der Waals surface area contributed by atoms with Crippen molar-refractivity contribution in [2.75, 3.05) is 5.32 Å². The number of aromatic nitrogens is 1. The molecule has 2 heterocycles. The number of benzene rings is 1. The summed E-state index contributed by atoms with van der Waals surface area (Å²) in [5.74, 6) is -1.83. The number of nitriles is 1. The molecule has 32 heavy (non-hydrogen) atoms. The Kier molecular flexibility index (Phi) is 5.55. The van der Waals surface area contributed by atoms with Crippen molar-refractivity contribution in [1.82, 2.24) is 4.98 Å². The maximum Gasteiger partial charge on any atom is 0.414 e. The smallest absolute Gasteiger partial charge is 0.414 e. The Hall–Kier alpha value is -3.75. The predicted molar refractivity (Wildman–Crippen MR) is 103 cm³/mol. The number of rotatable bonds is 3. The zero-order chi connectivity index (χ0) is 23.9. The SMILES string of the molecule is C[C@]1(c2cc(NC(=O)c3ccc(C#N)cn3)ccc2F)OC(N)=N[C@@H](C(F)(F)F)[C@@]1(C)F. The van der Waals surface area contributed by atoms with Crippen molar-refractivity contribution < 1.29 is 31.5 Å². The lowest BCUT2D eigenvalue weighted by molar-refractivity contribution is -0.217. The van der Waals surface area contributed by atoms with Crippen molar-refractivity contribution in [3.05, 3.63) is 59.2 Å². The Balaban J connectivity index is 2.00. The van der Waals surface area contributed by atoms with Gasteiger partial charge in [0.2, 0.25) is 0 Å². The molecular weight excluding hydrogens is 437 g/mol. The van der Waals surface area contributed by atoms with E-state index in [9.17, 15) is 22.4 Å². The lowest BCUT2D eigenvalue weighted by Crippen LogP contribution is -2.62. The van der Waals surface area contributed by atoms with Gasteiger partial charge in [0, 0.05) is 17.4 Å². The van der Waals surface area contributed by atoms with Crippen LogP contribution in [0.1, 0.15) is 35.5 Å². The summed E-state index contributed by atoms with van der Waals surface area (Å²) in [5, 5.41) is 11.2. The Morgan fingerprint density at radius 3 is 2.53 bits per heavy atom. The Labute approximate surface area is 178 Å². The number of carbonyl (C=O) groups is 1. The number of nitrogens with one attached hydrogen (secondary N) is 1. The molecule has 1 aliphatic rings. The van der Waals surface area contributed by atoms with Crippen LogP contribution in [-0.4, -0.2) is 34.8 Å². The van der Waals surface area contributed by atoms with Crippen LogP contribution in [0.3, 0.4) is 0 Å². The Morgan fingerprint density at radius 2 is 1.97 bits per heavy atom. The fourth-order valence-corrected chi connectivity index (χ4v) is 3.30. The maximum absolute atomic E-state index is 15.6. The number of ether oxygens (including phenoxy) is 1. The van der Waals surface area contributed by atoms with Crippen molar-refractivity contribution in [1.29, 1.82) is 5.26 Å². The van der Waals surface area contributed by atoms with E-state index in [4.69, 9.17) is 15.7 Å². The van der Waals surface area contributed by atoms with Crippen LogP contribution in [0.4, 0.5) is 27.6 Å². The van der Waals surface area contributed by atoms with Crippen LogP contribution in [0.2, 0.25) is 0 Å². The molecular formula is C20H16F5N5O2. The van der Waals surface area contributed by atoms with E-state index in [0.717, 1.165) is 31.3 Å². The molecule has 3 atom stereocenters. The fraction of sp³-hybridized carbons (Fsp3) is 0.300. The summed E-state index contributed by atoms with van der Waals surface area (Å²) < 4.78 is 75.6. The number of carbonyl (C=O) groups excluding carboxylic acids is 1. The van der Waals surface area contributed by atoms with E-state index in [2.05, 4.69) is 15.3 Å². The summed E-state index contributed by atoms with van der Waals surface area (Å²) in [5.41, 5.74) is -0.973. The van der Waals surface area contributed by atoms with Crippen LogP contribution in [0.15, 0.2) is 41.5 Å². The highest BCUT2D eigenvalue weighted by Crippen LogP contribution is 2.50. The first-order chi connectivity index (χ1) is 14.8. The monoisotopic (exact) mass is 453 g/mol. The highest BCUT2D eigenvalue weighted by atomic mass is 19.4. The third-order valence-electron chi connectivity index (χ3n) is 5.18. The van der Waals surface area contributed by atoms with Gasteiger partial charge in [-0.2, -0.15) is 18.4 Å². The number of pyridine rings is 1. The summed E-state index contributed by atoms with van der Waals surface area (Å²) in [4.78, 5) is 19.2. The molecule has 12 heteroatoms. The van der Waals surface area contributed by atoms with Gasteiger partial charge >= 0.3 is 6.18 Å². The predicted octanol–water partition coefficient (Wildman–Crippen LogP) is 3.56. The summed E-state index contributed by atoms with van der Waals surface area (Å²) in [6.07, 6.45) is -3.96. The highest BCUT2D eigenvalue weighted by Gasteiger charge is 2.66. The molecule has 0 spiro atoms. The molecule has 3 rings (SSSR count). The molecule has 1 amide bonds. The van der Waals surface area contributed by atoms with Crippen molar-refractivity contribution in [3.8, 4) is 6.07 Å². The number of nitrogens with two attached hydrogens (primary N) is 1. The second-order valence-electron chi connectivity index (χ2n) is 7.32. The van der Waals surface area contributed by atoms with Crippen LogP contribution in [0.25, 0.3) is 0 Å². The van der Waals surface area contributed by atoms with Crippen LogP contribution in [0, 0.1) is 17.1 Å². The van der Waals surface area contributed by atoms with E-state index in [0.29, 0.717) is 6.92 Å². The minimum Gasteiger partial charge on any atom is -0.451 e. The van der Waals surface area contributed by atoms with Gasteiger partial charge in [0.1, 0.15) is 17.6 Å². The Bertz CT molecular complexity index is 1120. The van der Waals surface area contributed by atoms with Gasteiger partial charge in [0.05, 0.1) is 5.56 Å². The van der Waals surface area contributed by atoms with Crippen LogP contribution in [-0.2, 0) is 10.3 Å². The van der Waals surface area contributed by atoms with Gasteiger partial charge < -0.3 is 15.8 Å². The number of alkyl halides is 4. The number of amides is 1. The minimum absolute atomic E-state index is 0.0668. The van der Waals surface area contributed by atoms with Gasteiger partial charge in [0.15, 0.2) is 17.3 Å². The second-order valence-corrected chi connectivity index (χ2v) is 7.32. The van der Waals surface area contributed by atoms with Crippen molar-refractivity contribution in [3.63, 3.8) is 0 Å². The number of hydrogen-bond acceptors (Lipinski definition) is 6. The lowest BCUT2D eigenvalue weighted by Gasteiger charge is -2.46. The second kappa shape index (κ2) is 7.74. The van der Waals surface area contributed by atoms with Gasteiger partial charge in [0.25, 0.3) is 11.9 Å². The van der Waals surface area contributed by atoms with E-state index < -0.39 is 46.8 Å². The van der Waals surface area contributed by atoms with Gasteiger partial charge in [-0.3, -0.25) is 4.79 Å². The van der Waals surface area contributed by atoms with E-state index in [-0.39, 0.29) is 16.9 Å². The normalized spacial score (nSPS) is 25.3.